The van der Waals surface area contributed by atoms with E-state index >= 15 is 0 Å². The molecule has 0 radical (unpaired) electrons. The third-order valence-corrected chi connectivity index (χ3v) is 7.52. The van der Waals surface area contributed by atoms with E-state index in [0.29, 0.717) is 13.2 Å². The van der Waals surface area contributed by atoms with Crippen molar-refractivity contribution in [1.29, 1.82) is 0 Å². The fourth-order valence-corrected chi connectivity index (χ4v) is 5.63. The lowest BCUT2D eigenvalue weighted by Crippen LogP contribution is -2.51. The molecule has 2 fully saturated rings. The standard InChI is InChI=1S/C29H37N5O4/c1-2-37-23-16-14-21(15-17-23)28(29(36)30-19-24-11-8-18-38-24)34(22-9-4-3-5-10-22)27(35)20-33-26-13-7-6-12-25(26)31-32-33/h6-7,12-17,22,24,28H,2-5,8-11,18-20H2,1H3,(H,30,36)/t24-,28-/m1/s1. The van der Waals surface area contributed by atoms with Crippen LogP contribution in [0.5, 0.6) is 5.75 Å². The molecule has 2 aliphatic rings. The van der Waals surface area contributed by atoms with Crippen LogP contribution in [0, 0.1) is 0 Å². The molecule has 0 bridgehead atoms. The van der Waals surface area contributed by atoms with Crippen LogP contribution in [0.4, 0.5) is 0 Å². The maximum absolute atomic E-state index is 14.1. The van der Waals surface area contributed by atoms with Crippen LogP contribution in [-0.4, -0.2) is 63.6 Å². The number of rotatable bonds is 10. The predicted molar refractivity (Wildman–Crippen MR) is 144 cm³/mol. The molecular formula is C29H37N5O4. The van der Waals surface area contributed by atoms with E-state index in [1.807, 2.05) is 60.4 Å². The maximum atomic E-state index is 14.1. The monoisotopic (exact) mass is 519 g/mol. The van der Waals surface area contributed by atoms with Crippen LogP contribution in [0.2, 0.25) is 0 Å². The molecule has 2 heterocycles. The Labute approximate surface area is 223 Å². The van der Waals surface area contributed by atoms with Gasteiger partial charge < -0.3 is 19.7 Å². The number of para-hydroxylation sites is 1. The van der Waals surface area contributed by atoms with Gasteiger partial charge in [-0.1, -0.05) is 48.7 Å². The summed E-state index contributed by atoms with van der Waals surface area (Å²) in [6.07, 6.45) is 6.90. The molecule has 202 valence electrons. The summed E-state index contributed by atoms with van der Waals surface area (Å²) in [6.45, 7) is 3.67. The van der Waals surface area contributed by atoms with Crippen molar-refractivity contribution >= 4 is 22.8 Å². The summed E-state index contributed by atoms with van der Waals surface area (Å²) in [7, 11) is 0. The fourth-order valence-electron chi connectivity index (χ4n) is 5.63. The minimum absolute atomic E-state index is 0.0141. The summed E-state index contributed by atoms with van der Waals surface area (Å²) >= 11 is 0. The first-order chi connectivity index (χ1) is 18.6. The molecule has 2 amide bonds. The molecule has 1 aliphatic carbocycles. The van der Waals surface area contributed by atoms with Gasteiger partial charge >= 0.3 is 0 Å². The normalized spacial score (nSPS) is 18.8. The number of benzene rings is 2. The lowest BCUT2D eigenvalue weighted by Gasteiger charge is -2.39. The number of nitrogens with one attached hydrogen (secondary N) is 1. The third-order valence-electron chi connectivity index (χ3n) is 7.52. The molecule has 1 N–H and O–H groups in total. The zero-order chi connectivity index (χ0) is 26.3. The number of aromatic nitrogens is 3. The molecule has 1 saturated heterocycles. The second-order valence-corrected chi connectivity index (χ2v) is 10.1. The maximum Gasteiger partial charge on any atom is 0.247 e. The highest BCUT2D eigenvalue weighted by molar-refractivity contribution is 5.89. The predicted octanol–water partition coefficient (Wildman–Crippen LogP) is 4.03. The minimum Gasteiger partial charge on any atom is -0.494 e. The number of carbonyl (C=O) groups excluding carboxylic acids is 2. The SMILES string of the molecule is CCOc1ccc([C@H](C(=O)NC[C@H]2CCCO2)N(C(=O)Cn2nnc3ccccc32)C2CCCCC2)cc1. The largest absolute Gasteiger partial charge is 0.494 e. The highest BCUT2D eigenvalue weighted by atomic mass is 16.5. The molecular weight excluding hydrogens is 482 g/mol. The van der Waals surface area contributed by atoms with Gasteiger partial charge in [-0.2, -0.15) is 0 Å². The van der Waals surface area contributed by atoms with Crippen LogP contribution in [0.25, 0.3) is 11.0 Å². The summed E-state index contributed by atoms with van der Waals surface area (Å²) in [5.74, 6) is 0.408. The first-order valence-electron chi connectivity index (χ1n) is 13.9. The van der Waals surface area contributed by atoms with Crippen LogP contribution in [0.1, 0.15) is 63.5 Å². The van der Waals surface area contributed by atoms with Gasteiger partial charge in [0.2, 0.25) is 11.8 Å². The highest BCUT2D eigenvalue weighted by Crippen LogP contribution is 2.32. The van der Waals surface area contributed by atoms with Gasteiger partial charge in [-0.3, -0.25) is 9.59 Å². The van der Waals surface area contributed by atoms with Gasteiger partial charge in [0, 0.05) is 19.2 Å². The lowest BCUT2D eigenvalue weighted by molar-refractivity contribution is -0.145. The first kappa shape index (κ1) is 26.2. The van der Waals surface area contributed by atoms with Crippen molar-refractivity contribution in [2.75, 3.05) is 19.8 Å². The molecule has 2 aromatic carbocycles. The smallest absolute Gasteiger partial charge is 0.247 e. The Hall–Kier alpha value is -3.46. The summed E-state index contributed by atoms with van der Waals surface area (Å²) in [6, 6.07) is 14.3. The Morgan fingerprint density at radius 1 is 1.08 bits per heavy atom. The van der Waals surface area contributed by atoms with Crippen molar-refractivity contribution in [3.05, 3.63) is 54.1 Å². The molecule has 5 rings (SSSR count). The Balaban J connectivity index is 1.47. The Morgan fingerprint density at radius 2 is 1.87 bits per heavy atom. The van der Waals surface area contributed by atoms with Gasteiger partial charge in [0.1, 0.15) is 23.9 Å². The number of hydrogen-bond donors (Lipinski definition) is 1. The van der Waals surface area contributed by atoms with Gasteiger partial charge in [-0.25, -0.2) is 4.68 Å². The average molecular weight is 520 g/mol. The van der Waals surface area contributed by atoms with E-state index in [0.717, 1.165) is 73.9 Å². The second-order valence-electron chi connectivity index (χ2n) is 10.1. The molecule has 9 nitrogen and oxygen atoms in total. The molecule has 1 saturated carbocycles. The van der Waals surface area contributed by atoms with Crippen molar-refractivity contribution in [3.63, 3.8) is 0 Å². The van der Waals surface area contributed by atoms with Crippen molar-refractivity contribution in [2.45, 2.75) is 76.6 Å². The summed E-state index contributed by atoms with van der Waals surface area (Å²) in [5, 5.41) is 11.6. The van der Waals surface area contributed by atoms with E-state index in [2.05, 4.69) is 15.6 Å². The van der Waals surface area contributed by atoms with E-state index in [9.17, 15) is 9.59 Å². The van der Waals surface area contributed by atoms with Crippen LogP contribution in [0.3, 0.4) is 0 Å². The molecule has 38 heavy (non-hydrogen) atoms. The van der Waals surface area contributed by atoms with Crippen LogP contribution < -0.4 is 10.1 Å². The molecule has 1 aromatic heterocycles. The van der Waals surface area contributed by atoms with Crippen LogP contribution >= 0.6 is 0 Å². The van der Waals surface area contributed by atoms with Crippen molar-refractivity contribution in [1.82, 2.24) is 25.2 Å². The average Bonchev–Trinajstić information content (AvgIpc) is 3.62. The van der Waals surface area contributed by atoms with Gasteiger partial charge in [-0.15, -0.1) is 5.10 Å². The van der Waals surface area contributed by atoms with E-state index in [1.54, 1.807) is 4.68 Å². The van der Waals surface area contributed by atoms with Crippen molar-refractivity contribution in [3.8, 4) is 5.75 Å². The summed E-state index contributed by atoms with van der Waals surface area (Å²) in [4.78, 5) is 29.8. The quantitative estimate of drug-likeness (QED) is 0.434. The Morgan fingerprint density at radius 3 is 2.61 bits per heavy atom. The molecule has 9 heteroatoms. The highest BCUT2D eigenvalue weighted by Gasteiger charge is 2.37. The van der Waals surface area contributed by atoms with Crippen molar-refractivity contribution < 1.29 is 19.1 Å². The van der Waals surface area contributed by atoms with E-state index < -0.39 is 6.04 Å². The number of nitrogens with zero attached hydrogens (tertiary/aromatic N) is 4. The van der Waals surface area contributed by atoms with Crippen LogP contribution in [-0.2, 0) is 20.9 Å². The number of hydrogen-bond acceptors (Lipinski definition) is 6. The van der Waals surface area contributed by atoms with Gasteiger partial charge in [0.15, 0.2) is 0 Å². The van der Waals surface area contributed by atoms with Crippen molar-refractivity contribution in [2.24, 2.45) is 0 Å². The molecule has 0 unspecified atom stereocenters. The fraction of sp³-hybridized carbons (Fsp3) is 0.517. The summed E-state index contributed by atoms with van der Waals surface area (Å²) < 4.78 is 13.0. The zero-order valence-corrected chi connectivity index (χ0v) is 22.1. The summed E-state index contributed by atoms with van der Waals surface area (Å²) in [5.41, 5.74) is 2.30. The number of ether oxygens (including phenoxy) is 2. The molecule has 0 spiro atoms. The molecule has 3 aromatic rings. The Bertz CT molecular complexity index is 1220. The van der Waals surface area contributed by atoms with Crippen LogP contribution in [0.15, 0.2) is 48.5 Å². The molecule has 2 atom stereocenters. The molecule has 1 aliphatic heterocycles. The number of carbonyl (C=O) groups is 2. The number of fused-ring (bicyclic) bond motifs is 1. The van der Waals surface area contributed by atoms with E-state index in [1.165, 1.54) is 0 Å². The Kier molecular flexibility index (Phi) is 8.53. The first-order valence-corrected chi connectivity index (χ1v) is 13.9. The zero-order valence-electron chi connectivity index (χ0n) is 22.1. The number of amides is 2. The topological polar surface area (TPSA) is 98.6 Å². The lowest BCUT2D eigenvalue weighted by atomic mass is 9.91. The van der Waals surface area contributed by atoms with Gasteiger partial charge in [0.05, 0.1) is 18.2 Å². The van der Waals surface area contributed by atoms with Gasteiger partial charge in [0.25, 0.3) is 0 Å². The van der Waals surface area contributed by atoms with E-state index in [4.69, 9.17) is 9.47 Å². The van der Waals surface area contributed by atoms with E-state index in [-0.39, 0.29) is 30.5 Å². The van der Waals surface area contributed by atoms with Gasteiger partial charge in [-0.05, 0) is 62.4 Å². The third kappa shape index (κ3) is 5.99. The second kappa shape index (κ2) is 12.4. The minimum atomic E-state index is -0.766.